The van der Waals surface area contributed by atoms with Gasteiger partial charge in [0.05, 0.1) is 16.4 Å². The summed E-state index contributed by atoms with van der Waals surface area (Å²) in [6.07, 6.45) is 0.186. The van der Waals surface area contributed by atoms with E-state index in [2.05, 4.69) is 26.6 Å². The molecule has 1 atom stereocenters. The zero-order valence-corrected chi connectivity index (χ0v) is 11.4. The standard InChI is InChI=1S/C10H15BrN2O2S/c1-7(14)4-5-12-10(15)13-6-8-2-3-9(11)16-8/h2-3,7,14H,4-6H2,1H3,(H2,12,13,15). The molecule has 0 bridgehead atoms. The summed E-state index contributed by atoms with van der Waals surface area (Å²) >= 11 is 4.95. The Hall–Kier alpha value is -0.590. The zero-order chi connectivity index (χ0) is 12.0. The van der Waals surface area contributed by atoms with Crippen LogP contribution in [-0.4, -0.2) is 23.8 Å². The summed E-state index contributed by atoms with van der Waals surface area (Å²) in [5.41, 5.74) is 0. The number of carbonyl (C=O) groups is 1. The van der Waals surface area contributed by atoms with Crippen LogP contribution in [0.5, 0.6) is 0 Å². The first-order chi connectivity index (χ1) is 7.58. The highest BCUT2D eigenvalue weighted by molar-refractivity contribution is 9.11. The maximum atomic E-state index is 11.3. The number of amides is 2. The maximum Gasteiger partial charge on any atom is 0.315 e. The summed E-state index contributed by atoms with van der Waals surface area (Å²) < 4.78 is 1.05. The highest BCUT2D eigenvalue weighted by Gasteiger charge is 2.02. The molecule has 0 fully saturated rings. The Morgan fingerprint density at radius 3 is 2.88 bits per heavy atom. The Morgan fingerprint density at radius 2 is 2.31 bits per heavy atom. The largest absolute Gasteiger partial charge is 0.393 e. The minimum absolute atomic E-state index is 0.204. The van der Waals surface area contributed by atoms with Gasteiger partial charge in [0.25, 0.3) is 0 Å². The fraction of sp³-hybridized carbons (Fsp3) is 0.500. The second kappa shape index (κ2) is 6.88. The van der Waals surface area contributed by atoms with Gasteiger partial charge in [0.2, 0.25) is 0 Å². The number of hydrogen-bond donors (Lipinski definition) is 3. The molecule has 1 rings (SSSR count). The zero-order valence-electron chi connectivity index (χ0n) is 9.00. The number of urea groups is 1. The Bertz CT molecular complexity index is 341. The van der Waals surface area contributed by atoms with E-state index in [1.165, 1.54) is 0 Å². The van der Waals surface area contributed by atoms with Gasteiger partial charge >= 0.3 is 6.03 Å². The fourth-order valence-electron chi connectivity index (χ4n) is 1.07. The number of nitrogens with one attached hydrogen (secondary N) is 2. The molecule has 0 saturated heterocycles. The van der Waals surface area contributed by atoms with Crippen LogP contribution in [0.15, 0.2) is 15.9 Å². The first-order valence-electron chi connectivity index (χ1n) is 5.02. The topological polar surface area (TPSA) is 61.4 Å². The Balaban J connectivity index is 2.15. The molecule has 0 saturated carbocycles. The van der Waals surface area contributed by atoms with Gasteiger partial charge in [-0.1, -0.05) is 0 Å². The van der Waals surface area contributed by atoms with Gasteiger partial charge in [-0.15, -0.1) is 11.3 Å². The summed E-state index contributed by atoms with van der Waals surface area (Å²) in [6, 6.07) is 3.71. The summed E-state index contributed by atoms with van der Waals surface area (Å²) in [6.45, 7) is 2.71. The van der Waals surface area contributed by atoms with Crippen molar-refractivity contribution < 1.29 is 9.90 Å². The normalized spacial score (nSPS) is 12.2. The lowest BCUT2D eigenvalue weighted by Crippen LogP contribution is -2.36. The number of hydrogen-bond acceptors (Lipinski definition) is 3. The molecule has 2 amide bonds. The SMILES string of the molecule is CC(O)CCNC(=O)NCc1ccc(Br)s1. The summed E-state index contributed by atoms with van der Waals surface area (Å²) in [4.78, 5) is 12.4. The van der Waals surface area contributed by atoms with Crippen molar-refractivity contribution in [1.29, 1.82) is 0 Å². The molecule has 1 unspecified atom stereocenters. The van der Waals surface area contributed by atoms with E-state index >= 15 is 0 Å². The number of carbonyl (C=O) groups excluding carboxylic acids is 1. The van der Waals surface area contributed by atoms with Crippen LogP contribution < -0.4 is 10.6 Å². The third kappa shape index (κ3) is 5.48. The number of thiophene rings is 1. The number of aliphatic hydroxyl groups is 1. The van der Waals surface area contributed by atoms with Gasteiger partial charge in [0.1, 0.15) is 0 Å². The van der Waals surface area contributed by atoms with Crippen molar-refractivity contribution in [2.24, 2.45) is 0 Å². The highest BCUT2D eigenvalue weighted by Crippen LogP contribution is 2.21. The van der Waals surface area contributed by atoms with Crippen LogP contribution in [0.1, 0.15) is 18.2 Å². The minimum Gasteiger partial charge on any atom is -0.393 e. The van der Waals surface area contributed by atoms with E-state index in [4.69, 9.17) is 5.11 Å². The average Bonchev–Trinajstić information content (AvgIpc) is 2.61. The number of halogens is 1. The Kier molecular flexibility index (Phi) is 5.79. The molecule has 0 spiro atoms. The molecule has 6 heteroatoms. The van der Waals surface area contributed by atoms with Gasteiger partial charge in [-0.2, -0.15) is 0 Å². The van der Waals surface area contributed by atoms with E-state index in [0.717, 1.165) is 8.66 Å². The molecular formula is C10H15BrN2O2S. The summed E-state index contributed by atoms with van der Waals surface area (Å²) in [5.74, 6) is 0. The van der Waals surface area contributed by atoms with Crippen molar-refractivity contribution >= 4 is 33.3 Å². The lowest BCUT2D eigenvalue weighted by atomic mass is 10.3. The maximum absolute atomic E-state index is 11.3. The first kappa shape index (κ1) is 13.5. The monoisotopic (exact) mass is 306 g/mol. The quantitative estimate of drug-likeness (QED) is 0.780. The van der Waals surface area contributed by atoms with Crippen molar-refractivity contribution in [3.05, 3.63) is 20.8 Å². The van der Waals surface area contributed by atoms with Crippen LogP contribution in [-0.2, 0) is 6.54 Å². The second-order valence-corrected chi connectivity index (χ2v) is 6.00. The first-order valence-corrected chi connectivity index (χ1v) is 6.63. The molecule has 3 N–H and O–H groups in total. The molecule has 90 valence electrons. The lowest BCUT2D eigenvalue weighted by Gasteiger charge is -2.07. The predicted molar refractivity (Wildman–Crippen MR) is 68.6 cm³/mol. The van der Waals surface area contributed by atoms with Crippen LogP contribution >= 0.6 is 27.3 Å². The predicted octanol–water partition coefficient (Wildman–Crippen LogP) is 2.08. The fourth-order valence-corrected chi connectivity index (χ4v) is 2.49. The molecular weight excluding hydrogens is 292 g/mol. The van der Waals surface area contributed by atoms with Crippen LogP contribution in [0.2, 0.25) is 0 Å². The third-order valence-electron chi connectivity index (χ3n) is 1.90. The molecule has 0 radical (unpaired) electrons. The smallest absolute Gasteiger partial charge is 0.315 e. The molecule has 0 aliphatic rings. The van der Waals surface area contributed by atoms with Crippen LogP contribution in [0, 0.1) is 0 Å². The van der Waals surface area contributed by atoms with Crippen LogP contribution in [0.4, 0.5) is 4.79 Å². The van der Waals surface area contributed by atoms with E-state index in [1.807, 2.05) is 12.1 Å². The third-order valence-corrected chi connectivity index (χ3v) is 3.52. The molecule has 1 aromatic heterocycles. The van der Waals surface area contributed by atoms with E-state index < -0.39 is 0 Å². The molecule has 0 aliphatic carbocycles. The van der Waals surface area contributed by atoms with Crippen LogP contribution in [0.25, 0.3) is 0 Å². The molecule has 1 aromatic rings. The van der Waals surface area contributed by atoms with Crippen molar-refractivity contribution in [2.75, 3.05) is 6.54 Å². The molecule has 4 nitrogen and oxygen atoms in total. The van der Waals surface area contributed by atoms with Crippen LogP contribution in [0.3, 0.4) is 0 Å². The molecule has 0 aromatic carbocycles. The summed E-state index contributed by atoms with van der Waals surface area (Å²) in [7, 11) is 0. The Morgan fingerprint density at radius 1 is 1.56 bits per heavy atom. The Labute approximate surface area is 107 Å². The van der Waals surface area contributed by atoms with Gasteiger partial charge < -0.3 is 15.7 Å². The van der Waals surface area contributed by atoms with Crippen molar-refractivity contribution in [3.63, 3.8) is 0 Å². The highest BCUT2D eigenvalue weighted by atomic mass is 79.9. The number of aliphatic hydroxyl groups excluding tert-OH is 1. The molecule has 1 heterocycles. The van der Waals surface area contributed by atoms with E-state index in [-0.39, 0.29) is 12.1 Å². The molecule has 0 aliphatic heterocycles. The van der Waals surface area contributed by atoms with Crippen molar-refractivity contribution in [1.82, 2.24) is 10.6 Å². The van der Waals surface area contributed by atoms with E-state index in [9.17, 15) is 4.79 Å². The average molecular weight is 307 g/mol. The number of rotatable bonds is 5. The molecule has 16 heavy (non-hydrogen) atoms. The van der Waals surface area contributed by atoms with Gasteiger partial charge in [0, 0.05) is 11.4 Å². The lowest BCUT2D eigenvalue weighted by molar-refractivity contribution is 0.183. The summed E-state index contributed by atoms with van der Waals surface area (Å²) in [5, 5.41) is 14.4. The van der Waals surface area contributed by atoms with Crippen molar-refractivity contribution in [3.8, 4) is 0 Å². The second-order valence-electron chi connectivity index (χ2n) is 3.45. The van der Waals surface area contributed by atoms with Gasteiger partial charge in [-0.25, -0.2) is 4.79 Å². The van der Waals surface area contributed by atoms with Gasteiger partial charge in [-0.05, 0) is 41.4 Å². The minimum atomic E-state index is -0.381. The van der Waals surface area contributed by atoms with Crippen molar-refractivity contribution in [2.45, 2.75) is 26.0 Å². The van der Waals surface area contributed by atoms with E-state index in [0.29, 0.717) is 19.5 Å². The van der Waals surface area contributed by atoms with E-state index in [1.54, 1.807) is 18.3 Å². The van der Waals surface area contributed by atoms with Gasteiger partial charge in [0.15, 0.2) is 0 Å². The van der Waals surface area contributed by atoms with Gasteiger partial charge in [-0.3, -0.25) is 0 Å².